The lowest BCUT2D eigenvalue weighted by Crippen LogP contribution is -2.32. The van der Waals surface area contributed by atoms with Crippen LogP contribution in [0.5, 0.6) is 5.75 Å². The van der Waals surface area contributed by atoms with Crippen LogP contribution in [-0.4, -0.2) is 48.1 Å². The average Bonchev–Trinajstić information content (AvgIpc) is 2.89. The molecule has 1 aliphatic heterocycles. The van der Waals surface area contributed by atoms with Gasteiger partial charge in [-0.05, 0) is 57.6 Å². The molecule has 0 saturated carbocycles. The molecular weight excluding hydrogens is 310 g/mol. The van der Waals surface area contributed by atoms with Crippen molar-refractivity contribution in [2.24, 2.45) is 0 Å². The van der Waals surface area contributed by atoms with Crippen LogP contribution in [0.15, 0.2) is 48.7 Å². The predicted molar refractivity (Wildman–Crippen MR) is 102 cm³/mol. The van der Waals surface area contributed by atoms with Gasteiger partial charge in [0.25, 0.3) is 0 Å². The van der Waals surface area contributed by atoms with E-state index in [0.717, 1.165) is 37.6 Å². The monoisotopic (exact) mass is 339 g/mol. The molecule has 1 atom stereocenters. The molecule has 1 fully saturated rings. The summed E-state index contributed by atoms with van der Waals surface area (Å²) in [6, 6.07) is 15.1. The molecule has 0 radical (unpaired) electrons. The zero-order valence-corrected chi connectivity index (χ0v) is 15.4. The SMILES string of the molecule is COc1ccccc1CN1CCC[C@@H](N(C)Cc2ccccn2)CC1. The van der Waals surface area contributed by atoms with E-state index < -0.39 is 0 Å². The molecule has 0 amide bonds. The van der Waals surface area contributed by atoms with Crippen molar-refractivity contribution in [2.45, 2.75) is 38.4 Å². The largest absolute Gasteiger partial charge is 0.496 e. The van der Waals surface area contributed by atoms with Crippen molar-refractivity contribution >= 4 is 0 Å². The second-order valence-electron chi connectivity index (χ2n) is 6.91. The number of rotatable bonds is 6. The van der Waals surface area contributed by atoms with E-state index >= 15 is 0 Å². The number of para-hydroxylation sites is 1. The van der Waals surface area contributed by atoms with Crippen LogP contribution in [0.1, 0.15) is 30.5 Å². The first-order valence-electron chi connectivity index (χ1n) is 9.20. The molecule has 1 aliphatic rings. The Bertz CT molecular complexity index is 647. The van der Waals surface area contributed by atoms with Gasteiger partial charge in [0.15, 0.2) is 0 Å². The molecule has 0 spiro atoms. The van der Waals surface area contributed by atoms with Crippen LogP contribution in [0.3, 0.4) is 0 Å². The molecule has 2 aromatic rings. The normalized spacial score (nSPS) is 18.9. The zero-order chi connectivity index (χ0) is 17.5. The summed E-state index contributed by atoms with van der Waals surface area (Å²) in [6.07, 6.45) is 5.59. The van der Waals surface area contributed by atoms with Gasteiger partial charge in [0, 0.05) is 30.9 Å². The highest BCUT2D eigenvalue weighted by Crippen LogP contribution is 2.22. The van der Waals surface area contributed by atoms with Gasteiger partial charge in [-0.1, -0.05) is 24.3 Å². The van der Waals surface area contributed by atoms with Gasteiger partial charge in [-0.2, -0.15) is 0 Å². The molecule has 2 heterocycles. The quantitative estimate of drug-likeness (QED) is 0.804. The number of methoxy groups -OCH3 is 1. The summed E-state index contributed by atoms with van der Waals surface area (Å²) < 4.78 is 5.50. The van der Waals surface area contributed by atoms with Gasteiger partial charge in [0.05, 0.1) is 12.8 Å². The summed E-state index contributed by atoms with van der Waals surface area (Å²) in [4.78, 5) is 9.49. The fourth-order valence-corrected chi connectivity index (χ4v) is 3.69. The number of hydrogen-bond acceptors (Lipinski definition) is 4. The third-order valence-electron chi connectivity index (χ3n) is 5.14. The third-order valence-corrected chi connectivity index (χ3v) is 5.14. The molecule has 134 valence electrons. The molecule has 4 nitrogen and oxygen atoms in total. The van der Waals surface area contributed by atoms with E-state index in [1.807, 2.05) is 18.3 Å². The maximum atomic E-state index is 5.50. The Kier molecular flexibility index (Phi) is 6.42. The molecule has 1 saturated heterocycles. The van der Waals surface area contributed by atoms with Crippen LogP contribution >= 0.6 is 0 Å². The summed E-state index contributed by atoms with van der Waals surface area (Å²) in [5, 5.41) is 0. The number of likely N-dealkylation sites (tertiary alicyclic amines) is 1. The highest BCUT2D eigenvalue weighted by atomic mass is 16.5. The highest BCUT2D eigenvalue weighted by Gasteiger charge is 2.21. The van der Waals surface area contributed by atoms with E-state index in [-0.39, 0.29) is 0 Å². The van der Waals surface area contributed by atoms with Gasteiger partial charge in [-0.3, -0.25) is 14.8 Å². The molecule has 0 N–H and O–H groups in total. The van der Waals surface area contributed by atoms with Gasteiger partial charge in [-0.25, -0.2) is 0 Å². The van der Waals surface area contributed by atoms with Crippen molar-refractivity contribution < 1.29 is 4.74 Å². The Morgan fingerprint density at radius 3 is 2.76 bits per heavy atom. The van der Waals surface area contributed by atoms with E-state index in [1.165, 1.54) is 24.8 Å². The smallest absolute Gasteiger partial charge is 0.123 e. The molecule has 0 bridgehead atoms. The molecule has 3 rings (SSSR count). The first-order valence-corrected chi connectivity index (χ1v) is 9.20. The lowest BCUT2D eigenvalue weighted by molar-refractivity contribution is 0.204. The number of nitrogens with zero attached hydrogens (tertiary/aromatic N) is 3. The first kappa shape index (κ1) is 17.9. The fraction of sp³-hybridized carbons (Fsp3) is 0.476. The minimum Gasteiger partial charge on any atom is -0.496 e. The van der Waals surface area contributed by atoms with Crippen LogP contribution in [0, 0.1) is 0 Å². The lowest BCUT2D eigenvalue weighted by atomic mass is 10.1. The number of pyridine rings is 1. The standard InChI is InChI=1S/C21H29N3O/c1-23(17-19-9-5-6-13-22-19)20-10-7-14-24(15-12-20)16-18-8-3-4-11-21(18)25-2/h3-6,8-9,11,13,20H,7,10,12,14-17H2,1-2H3/t20-/m1/s1. The lowest BCUT2D eigenvalue weighted by Gasteiger charge is -2.27. The molecular formula is C21H29N3O. The summed E-state index contributed by atoms with van der Waals surface area (Å²) in [5.74, 6) is 0.996. The fourth-order valence-electron chi connectivity index (χ4n) is 3.69. The molecule has 1 aromatic carbocycles. The van der Waals surface area contributed by atoms with Crippen molar-refractivity contribution in [3.8, 4) is 5.75 Å². The van der Waals surface area contributed by atoms with Gasteiger partial charge in [0.2, 0.25) is 0 Å². The second-order valence-corrected chi connectivity index (χ2v) is 6.91. The molecule has 4 heteroatoms. The number of hydrogen-bond donors (Lipinski definition) is 0. The Morgan fingerprint density at radius 1 is 1.12 bits per heavy atom. The molecule has 1 aromatic heterocycles. The summed E-state index contributed by atoms with van der Waals surface area (Å²) in [6.45, 7) is 4.19. The maximum Gasteiger partial charge on any atom is 0.123 e. The van der Waals surface area contributed by atoms with Crippen LogP contribution in [0.2, 0.25) is 0 Å². The van der Waals surface area contributed by atoms with Crippen molar-refractivity contribution in [1.29, 1.82) is 0 Å². The third kappa shape index (κ3) is 5.03. The van der Waals surface area contributed by atoms with Crippen molar-refractivity contribution in [2.75, 3.05) is 27.2 Å². The molecule has 0 unspecified atom stereocenters. The minimum atomic E-state index is 0.629. The number of aromatic nitrogens is 1. The van der Waals surface area contributed by atoms with E-state index in [4.69, 9.17) is 4.74 Å². The Balaban J connectivity index is 1.55. The van der Waals surface area contributed by atoms with Crippen LogP contribution in [-0.2, 0) is 13.1 Å². The van der Waals surface area contributed by atoms with Gasteiger partial charge in [0.1, 0.15) is 5.75 Å². The van der Waals surface area contributed by atoms with Gasteiger partial charge >= 0.3 is 0 Å². The zero-order valence-electron chi connectivity index (χ0n) is 15.4. The Hall–Kier alpha value is -1.91. The van der Waals surface area contributed by atoms with E-state index in [0.29, 0.717) is 6.04 Å². The number of ether oxygens (including phenoxy) is 1. The molecule has 25 heavy (non-hydrogen) atoms. The van der Waals surface area contributed by atoms with Gasteiger partial charge < -0.3 is 4.74 Å². The van der Waals surface area contributed by atoms with Crippen molar-refractivity contribution in [1.82, 2.24) is 14.8 Å². The Labute approximate surface area is 151 Å². The minimum absolute atomic E-state index is 0.629. The average molecular weight is 339 g/mol. The van der Waals surface area contributed by atoms with Crippen molar-refractivity contribution in [3.05, 3.63) is 59.9 Å². The predicted octanol–water partition coefficient (Wildman–Crippen LogP) is 3.58. The summed E-state index contributed by atoms with van der Waals surface area (Å²) in [7, 11) is 3.99. The van der Waals surface area contributed by atoms with E-state index in [9.17, 15) is 0 Å². The maximum absolute atomic E-state index is 5.50. The topological polar surface area (TPSA) is 28.6 Å². The van der Waals surface area contributed by atoms with Crippen molar-refractivity contribution in [3.63, 3.8) is 0 Å². The van der Waals surface area contributed by atoms with E-state index in [2.05, 4.69) is 52.2 Å². The Morgan fingerprint density at radius 2 is 1.96 bits per heavy atom. The highest BCUT2D eigenvalue weighted by molar-refractivity contribution is 5.33. The second kappa shape index (κ2) is 8.97. The number of benzene rings is 1. The van der Waals surface area contributed by atoms with Crippen LogP contribution in [0.25, 0.3) is 0 Å². The van der Waals surface area contributed by atoms with Crippen LogP contribution in [0.4, 0.5) is 0 Å². The van der Waals surface area contributed by atoms with Gasteiger partial charge in [-0.15, -0.1) is 0 Å². The van der Waals surface area contributed by atoms with E-state index in [1.54, 1.807) is 7.11 Å². The molecule has 0 aliphatic carbocycles. The van der Waals surface area contributed by atoms with Crippen LogP contribution < -0.4 is 4.74 Å². The summed E-state index contributed by atoms with van der Waals surface area (Å²) >= 11 is 0. The summed E-state index contributed by atoms with van der Waals surface area (Å²) in [5.41, 5.74) is 2.44. The first-order chi connectivity index (χ1) is 12.3.